The number of alkyl halides is 3. The number of rotatable bonds is 8. The minimum Gasteiger partial charge on any atom is -0.477 e. The van der Waals surface area contributed by atoms with E-state index >= 15 is 0 Å². The molecule has 154 valence electrons. The standard InChI is InChI=1S/C21H28F3N3O/c1-5-6-7-8-13-28-18-17(21(22,23)24)14-25-19(27-18)26-16-11-9-15(10-12-16)20(2,3)4/h9-12,14H,5-8,13H2,1-4H3,(H,25,26,27). The number of anilines is 2. The first-order valence-electron chi connectivity index (χ1n) is 9.56. The summed E-state index contributed by atoms with van der Waals surface area (Å²) in [6.45, 7) is 8.59. The number of halogens is 3. The molecule has 28 heavy (non-hydrogen) atoms. The summed E-state index contributed by atoms with van der Waals surface area (Å²) in [5.74, 6) is -0.368. The van der Waals surface area contributed by atoms with Crippen LogP contribution in [-0.2, 0) is 11.6 Å². The maximum atomic E-state index is 13.2. The Labute approximate surface area is 164 Å². The molecule has 4 nitrogen and oxygen atoms in total. The number of aromatic nitrogens is 2. The molecule has 0 radical (unpaired) electrons. The zero-order valence-electron chi connectivity index (χ0n) is 16.9. The number of nitrogens with one attached hydrogen (secondary N) is 1. The summed E-state index contributed by atoms with van der Waals surface area (Å²) in [5.41, 5.74) is 0.906. The summed E-state index contributed by atoms with van der Waals surface area (Å²) >= 11 is 0. The molecule has 0 aliphatic carbocycles. The van der Waals surface area contributed by atoms with Crippen LogP contribution in [0.4, 0.5) is 24.8 Å². The minimum absolute atomic E-state index is 0.0160. The van der Waals surface area contributed by atoms with Gasteiger partial charge in [-0.3, -0.25) is 0 Å². The van der Waals surface area contributed by atoms with E-state index in [9.17, 15) is 13.2 Å². The first-order valence-corrected chi connectivity index (χ1v) is 9.56. The van der Waals surface area contributed by atoms with Crippen molar-refractivity contribution in [1.29, 1.82) is 0 Å². The highest BCUT2D eigenvalue weighted by Crippen LogP contribution is 2.35. The monoisotopic (exact) mass is 395 g/mol. The van der Waals surface area contributed by atoms with Gasteiger partial charge < -0.3 is 10.1 Å². The van der Waals surface area contributed by atoms with Gasteiger partial charge in [-0.05, 0) is 29.5 Å². The predicted molar refractivity (Wildman–Crippen MR) is 105 cm³/mol. The quantitative estimate of drug-likeness (QED) is 0.519. The second-order valence-corrected chi connectivity index (χ2v) is 7.77. The molecular formula is C21H28F3N3O. The molecule has 0 amide bonds. The molecule has 2 aromatic rings. The van der Waals surface area contributed by atoms with Gasteiger partial charge in [-0.25, -0.2) is 4.98 Å². The average Bonchev–Trinajstić information content (AvgIpc) is 2.60. The molecule has 0 aliphatic rings. The van der Waals surface area contributed by atoms with E-state index in [4.69, 9.17) is 4.74 Å². The Hall–Kier alpha value is -2.31. The molecule has 1 N–H and O–H groups in total. The molecular weight excluding hydrogens is 367 g/mol. The lowest BCUT2D eigenvalue weighted by Crippen LogP contribution is -2.13. The molecule has 0 bridgehead atoms. The van der Waals surface area contributed by atoms with Gasteiger partial charge in [-0.2, -0.15) is 18.2 Å². The van der Waals surface area contributed by atoms with Crippen molar-refractivity contribution in [2.75, 3.05) is 11.9 Å². The summed E-state index contributed by atoms with van der Waals surface area (Å²) in [4.78, 5) is 7.77. The van der Waals surface area contributed by atoms with Crippen LogP contribution in [0.1, 0.15) is 64.5 Å². The highest BCUT2D eigenvalue weighted by molar-refractivity contribution is 5.54. The summed E-state index contributed by atoms with van der Waals surface area (Å²) in [6, 6.07) is 7.65. The molecule has 0 aliphatic heterocycles. The summed E-state index contributed by atoms with van der Waals surface area (Å²) in [7, 11) is 0. The lowest BCUT2D eigenvalue weighted by atomic mass is 9.87. The maximum Gasteiger partial charge on any atom is 0.423 e. The Morgan fingerprint density at radius 1 is 1.00 bits per heavy atom. The average molecular weight is 395 g/mol. The van der Waals surface area contributed by atoms with Crippen LogP contribution < -0.4 is 10.1 Å². The third-order valence-electron chi connectivity index (χ3n) is 4.30. The number of ether oxygens (including phenoxy) is 1. The van der Waals surface area contributed by atoms with E-state index in [1.165, 1.54) is 0 Å². The molecule has 1 aromatic carbocycles. The van der Waals surface area contributed by atoms with Crippen LogP contribution in [0, 0.1) is 0 Å². The van der Waals surface area contributed by atoms with E-state index in [1.54, 1.807) is 0 Å². The topological polar surface area (TPSA) is 47.0 Å². The van der Waals surface area contributed by atoms with Crippen LogP contribution in [0.2, 0.25) is 0 Å². The Morgan fingerprint density at radius 3 is 2.25 bits per heavy atom. The lowest BCUT2D eigenvalue weighted by Gasteiger charge is -2.19. The number of unbranched alkanes of at least 4 members (excludes halogenated alkanes) is 3. The lowest BCUT2D eigenvalue weighted by molar-refractivity contribution is -0.139. The first kappa shape index (κ1) is 22.0. The fraction of sp³-hybridized carbons (Fsp3) is 0.524. The Kier molecular flexibility index (Phi) is 7.27. The van der Waals surface area contributed by atoms with Crippen molar-refractivity contribution < 1.29 is 17.9 Å². The highest BCUT2D eigenvalue weighted by atomic mass is 19.4. The molecule has 0 atom stereocenters. The van der Waals surface area contributed by atoms with Crippen molar-refractivity contribution in [3.05, 3.63) is 41.6 Å². The van der Waals surface area contributed by atoms with E-state index in [0.717, 1.165) is 31.0 Å². The van der Waals surface area contributed by atoms with Crippen molar-refractivity contribution in [3.8, 4) is 5.88 Å². The molecule has 1 aromatic heterocycles. The van der Waals surface area contributed by atoms with Crippen LogP contribution in [0.3, 0.4) is 0 Å². The van der Waals surface area contributed by atoms with E-state index in [1.807, 2.05) is 24.3 Å². The fourth-order valence-electron chi connectivity index (χ4n) is 2.61. The Bertz CT molecular complexity index is 753. The minimum atomic E-state index is -4.56. The van der Waals surface area contributed by atoms with E-state index in [-0.39, 0.29) is 18.0 Å². The molecule has 0 unspecified atom stereocenters. The molecule has 0 spiro atoms. The van der Waals surface area contributed by atoms with Crippen molar-refractivity contribution in [2.24, 2.45) is 0 Å². The predicted octanol–water partition coefficient (Wildman–Crippen LogP) is 6.50. The van der Waals surface area contributed by atoms with Gasteiger partial charge in [0.25, 0.3) is 0 Å². The molecule has 1 heterocycles. The SMILES string of the molecule is CCCCCCOc1nc(Nc2ccc(C(C)(C)C)cc2)ncc1C(F)(F)F. The second kappa shape index (κ2) is 9.26. The van der Waals surface area contributed by atoms with Crippen LogP contribution in [0.5, 0.6) is 5.88 Å². The smallest absolute Gasteiger partial charge is 0.423 e. The normalized spacial score (nSPS) is 12.1. The summed E-state index contributed by atoms with van der Waals surface area (Å²) in [6.07, 6.45) is -0.133. The van der Waals surface area contributed by atoms with Crippen LogP contribution in [0.15, 0.2) is 30.5 Å². The van der Waals surface area contributed by atoms with Gasteiger partial charge in [0.1, 0.15) is 5.56 Å². The molecule has 7 heteroatoms. The van der Waals surface area contributed by atoms with Gasteiger partial charge in [0.05, 0.1) is 6.61 Å². The Morgan fingerprint density at radius 2 is 1.68 bits per heavy atom. The van der Waals surface area contributed by atoms with Crippen LogP contribution in [0.25, 0.3) is 0 Å². The largest absolute Gasteiger partial charge is 0.477 e. The second-order valence-electron chi connectivity index (χ2n) is 7.77. The van der Waals surface area contributed by atoms with Crippen molar-refractivity contribution in [1.82, 2.24) is 9.97 Å². The molecule has 2 rings (SSSR count). The molecule has 0 saturated heterocycles. The number of benzene rings is 1. The van der Waals surface area contributed by atoms with Crippen LogP contribution >= 0.6 is 0 Å². The fourth-order valence-corrected chi connectivity index (χ4v) is 2.61. The van der Waals surface area contributed by atoms with Gasteiger partial charge in [0, 0.05) is 11.9 Å². The van der Waals surface area contributed by atoms with Gasteiger partial charge >= 0.3 is 6.18 Å². The molecule has 0 saturated carbocycles. The van der Waals surface area contributed by atoms with Gasteiger partial charge in [0.2, 0.25) is 11.8 Å². The van der Waals surface area contributed by atoms with Gasteiger partial charge in [-0.1, -0.05) is 59.1 Å². The van der Waals surface area contributed by atoms with E-state index in [0.29, 0.717) is 12.1 Å². The molecule has 0 fully saturated rings. The van der Waals surface area contributed by atoms with E-state index in [2.05, 4.69) is 43.0 Å². The third-order valence-corrected chi connectivity index (χ3v) is 4.30. The third kappa shape index (κ3) is 6.39. The van der Waals surface area contributed by atoms with Crippen molar-refractivity contribution in [3.63, 3.8) is 0 Å². The van der Waals surface area contributed by atoms with E-state index < -0.39 is 17.6 Å². The van der Waals surface area contributed by atoms with Crippen molar-refractivity contribution in [2.45, 2.75) is 65.0 Å². The van der Waals surface area contributed by atoms with Crippen molar-refractivity contribution >= 4 is 11.6 Å². The summed E-state index contributed by atoms with van der Waals surface area (Å²) in [5, 5.41) is 2.94. The zero-order chi connectivity index (χ0) is 20.8. The number of hydrogen-bond donors (Lipinski definition) is 1. The van der Waals surface area contributed by atoms with Gasteiger partial charge in [0.15, 0.2) is 0 Å². The zero-order valence-corrected chi connectivity index (χ0v) is 16.9. The first-order chi connectivity index (χ1) is 13.1. The maximum absolute atomic E-state index is 13.2. The highest BCUT2D eigenvalue weighted by Gasteiger charge is 2.36. The number of hydrogen-bond acceptors (Lipinski definition) is 4. The van der Waals surface area contributed by atoms with Crippen LogP contribution in [-0.4, -0.2) is 16.6 Å². The number of nitrogens with zero attached hydrogens (tertiary/aromatic N) is 2. The van der Waals surface area contributed by atoms with Gasteiger partial charge in [-0.15, -0.1) is 0 Å². The Balaban J connectivity index is 2.15. The summed E-state index contributed by atoms with van der Waals surface area (Å²) < 4.78 is 45.0.